The zero-order valence-electron chi connectivity index (χ0n) is 18.7. The lowest BCUT2D eigenvalue weighted by Gasteiger charge is -2.29. The number of primary amides is 1. The number of carbonyl (C=O) groups excluding carboxylic acids is 3. The van der Waals surface area contributed by atoms with Gasteiger partial charge in [0.25, 0.3) is 11.8 Å². The molecule has 1 aromatic heterocycles. The number of aromatic nitrogens is 1. The second-order valence-corrected chi connectivity index (χ2v) is 8.27. The van der Waals surface area contributed by atoms with Crippen molar-refractivity contribution in [3.8, 4) is 5.69 Å². The van der Waals surface area contributed by atoms with Crippen molar-refractivity contribution in [1.29, 1.82) is 0 Å². The first-order valence-corrected chi connectivity index (χ1v) is 10.8. The normalized spacial score (nSPS) is 14.9. The maximum atomic E-state index is 13.3. The van der Waals surface area contributed by atoms with Gasteiger partial charge in [-0.1, -0.05) is 6.07 Å². The Labute approximate surface area is 205 Å². The first-order valence-electron chi connectivity index (χ1n) is 10.4. The number of benzene rings is 2. The van der Waals surface area contributed by atoms with E-state index in [1.54, 1.807) is 24.3 Å². The maximum absolute atomic E-state index is 13.3. The number of anilines is 1. The number of nitrogens with two attached hydrogens (primary N) is 1. The number of aromatic carboxylic acids is 1. The van der Waals surface area contributed by atoms with E-state index in [2.05, 4.69) is 5.32 Å². The van der Waals surface area contributed by atoms with E-state index < -0.39 is 23.7 Å². The molecule has 4 rings (SSSR count). The molecular formula is C25H20N4O5S. The van der Waals surface area contributed by atoms with Crippen molar-refractivity contribution in [2.45, 2.75) is 13.8 Å². The fourth-order valence-electron chi connectivity index (χ4n) is 3.93. The van der Waals surface area contributed by atoms with Crippen molar-refractivity contribution in [2.75, 3.05) is 4.90 Å². The molecule has 0 bridgehead atoms. The SMILES string of the molecule is Cc1cc(C=C2C(=O)NC(=S)N(c3cccc(C(=O)O)c3)C2=O)c(C)n1-c1ccc(C(N)=O)cc1. The third-order valence-electron chi connectivity index (χ3n) is 5.63. The number of aryl methyl sites for hydroxylation is 1. The van der Waals surface area contributed by atoms with Gasteiger partial charge in [0.05, 0.1) is 11.3 Å². The summed E-state index contributed by atoms with van der Waals surface area (Å²) in [5.41, 5.74) is 8.76. The van der Waals surface area contributed by atoms with Crippen LogP contribution in [-0.2, 0) is 9.59 Å². The molecule has 1 aliphatic heterocycles. The zero-order valence-corrected chi connectivity index (χ0v) is 19.6. The fourth-order valence-corrected chi connectivity index (χ4v) is 4.21. The van der Waals surface area contributed by atoms with E-state index in [1.807, 2.05) is 24.5 Å². The highest BCUT2D eigenvalue weighted by Crippen LogP contribution is 2.26. The summed E-state index contributed by atoms with van der Waals surface area (Å²) < 4.78 is 1.92. The summed E-state index contributed by atoms with van der Waals surface area (Å²) in [4.78, 5) is 49.8. The van der Waals surface area contributed by atoms with Crippen LogP contribution in [-0.4, -0.2) is 38.5 Å². The Morgan fingerprint density at radius 1 is 1.00 bits per heavy atom. The van der Waals surface area contributed by atoms with Gasteiger partial charge in [0.2, 0.25) is 5.91 Å². The van der Waals surface area contributed by atoms with Crippen LogP contribution < -0.4 is 16.0 Å². The lowest BCUT2D eigenvalue weighted by atomic mass is 10.1. The van der Waals surface area contributed by atoms with Gasteiger partial charge in [-0.2, -0.15) is 0 Å². The van der Waals surface area contributed by atoms with E-state index in [0.717, 1.165) is 22.0 Å². The summed E-state index contributed by atoms with van der Waals surface area (Å²) >= 11 is 5.19. The topological polar surface area (TPSA) is 135 Å². The van der Waals surface area contributed by atoms with Gasteiger partial charge < -0.3 is 15.4 Å². The second kappa shape index (κ2) is 8.99. The van der Waals surface area contributed by atoms with Crippen LogP contribution in [0.1, 0.15) is 37.7 Å². The van der Waals surface area contributed by atoms with Gasteiger partial charge in [-0.3, -0.25) is 24.6 Å². The van der Waals surface area contributed by atoms with Crippen LogP contribution in [0.25, 0.3) is 11.8 Å². The molecule has 0 saturated carbocycles. The van der Waals surface area contributed by atoms with Gasteiger partial charge in [0.1, 0.15) is 5.57 Å². The average Bonchev–Trinajstić information content (AvgIpc) is 3.09. The predicted octanol–water partition coefficient (Wildman–Crippen LogP) is 2.72. The molecular weight excluding hydrogens is 468 g/mol. The fraction of sp³-hybridized carbons (Fsp3) is 0.0800. The molecule has 10 heteroatoms. The highest BCUT2D eigenvalue weighted by molar-refractivity contribution is 7.80. The van der Waals surface area contributed by atoms with Crippen molar-refractivity contribution in [2.24, 2.45) is 5.73 Å². The van der Waals surface area contributed by atoms with Crippen LogP contribution in [0, 0.1) is 13.8 Å². The minimum absolute atomic E-state index is 0.0218. The first-order chi connectivity index (χ1) is 16.6. The van der Waals surface area contributed by atoms with E-state index in [4.69, 9.17) is 18.0 Å². The molecule has 1 fully saturated rings. The Morgan fingerprint density at radius 3 is 2.31 bits per heavy atom. The summed E-state index contributed by atoms with van der Waals surface area (Å²) in [6, 6.07) is 14.3. The van der Waals surface area contributed by atoms with Crippen molar-refractivity contribution in [3.05, 3.63) is 88.2 Å². The van der Waals surface area contributed by atoms with Crippen LogP contribution in [0.2, 0.25) is 0 Å². The number of amides is 3. The van der Waals surface area contributed by atoms with Gasteiger partial charge in [-0.05, 0) is 86.2 Å². The van der Waals surface area contributed by atoms with Crippen molar-refractivity contribution < 1.29 is 24.3 Å². The third kappa shape index (κ3) is 4.34. The van der Waals surface area contributed by atoms with Gasteiger partial charge >= 0.3 is 5.97 Å². The molecule has 0 radical (unpaired) electrons. The van der Waals surface area contributed by atoms with Crippen LogP contribution >= 0.6 is 12.2 Å². The largest absolute Gasteiger partial charge is 0.478 e. The minimum Gasteiger partial charge on any atom is -0.478 e. The molecule has 4 N–H and O–H groups in total. The molecule has 0 unspecified atom stereocenters. The van der Waals surface area contributed by atoms with Crippen LogP contribution in [0.5, 0.6) is 0 Å². The molecule has 0 atom stereocenters. The number of nitrogens with one attached hydrogen (secondary N) is 1. The summed E-state index contributed by atoms with van der Waals surface area (Å²) in [5, 5.41) is 11.6. The van der Waals surface area contributed by atoms with E-state index in [1.165, 1.54) is 30.3 Å². The standard InChI is InChI=1S/C25H20N4O5S/c1-13-10-17(14(2)28(13)18-8-6-15(7-9-18)21(26)30)12-20-22(31)27-25(35)29(23(20)32)19-5-3-4-16(11-19)24(33)34/h3-12H,1-2H3,(H2,26,30)(H,33,34)(H,27,31,35). The number of nitrogens with zero attached hydrogens (tertiary/aromatic N) is 2. The maximum Gasteiger partial charge on any atom is 0.335 e. The summed E-state index contributed by atoms with van der Waals surface area (Å²) in [7, 11) is 0. The van der Waals surface area contributed by atoms with Crippen molar-refractivity contribution in [1.82, 2.24) is 9.88 Å². The molecule has 9 nitrogen and oxygen atoms in total. The van der Waals surface area contributed by atoms with Crippen molar-refractivity contribution >= 4 is 52.8 Å². The Kier molecular flexibility index (Phi) is 6.06. The Balaban J connectivity index is 1.74. The zero-order chi connectivity index (χ0) is 25.4. The Bertz CT molecular complexity index is 1450. The molecule has 35 heavy (non-hydrogen) atoms. The van der Waals surface area contributed by atoms with Gasteiger partial charge in [-0.15, -0.1) is 0 Å². The lowest BCUT2D eigenvalue weighted by molar-refractivity contribution is -0.122. The summed E-state index contributed by atoms with van der Waals surface area (Å²) in [5.74, 6) is -3.00. The number of rotatable bonds is 5. The molecule has 0 aliphatic carbocycles. The molecule has 3 amide bonds. The molecule has 2 aromatic carbocycles. The van der Waals surface area contributed by atoms with E-state index in [9.17, 15) is 24.3 Å². The highest BCUT2D eigenvalue weighted by Gasteiger charge is 2.35. The number of carbonyl (C=O) groups is 4. The predicted molar refractivity (Wildman–Crippen MR) is 133 cm³/mol. The molecule has 2 heterocycles. The monoisotopic (exact) mass is 488 g/mol. The quantitative estimate of drug-likeness (QED) is 0.287. The van der Waals surface area contributed by atoms with Gasteiger partial charge in [0.15, 0.2) is 5.11 Å². The number of thiocarbonyl (C=S) groups is 1. The van der Waals surface area contributed by atoms with Gasteiger partial charge in [-0.25, -0.2) is 4.79 Å². The number of carboxylic acid groups (broad SMARTS) is 1. The molecule has 1 saturated heterocycles. The molecule has 0 spiro atoms. The number of hydrogen-bond donors (Lipinski definition) is 3. The first kappa shape index (κ1) is 23.6. The number of carboxylic acids is 1. The van der Waals surface area contributed by atoms with Crippen molar-refractivity contribution in [3.63, 3.8) is 0 Å². The lowest BCUT2D eigenvalue weighted by Crippen LogP contribution is -2.54. The number of hydrogen-bond acceptors (Lipinski definition) is 5. The van der Waals surface area contributed by atoms with Crippen LogP contribution in [0.3, 0.4) is 0 Å². The Morgan fingerprint density at radius 2 is 1.69 bits per heavy atom. The molecule has 1 aliphatic rings. The van der Waals surface area contributed by atoms with E-state index in [-0.39, 0.29) is 21.9 Å². The third-order valence-corrected chi connectivity index (χ3v) is 5.92. The van der Waals surface area contributed by atoms with E-state index in [0.29, 0.717) is 11.1 Å². The summed E-state index contributed by atoms with van der Waals surface area (Å²) in [6.45, 7) is 3.71. The van der Waals surface area contributed by atoms with Crippen LogP contribution in [0.15, 0.2) is 60.2 Å². The second-order valence-electron chi connectivity index (χ2n) is 7.89. The molecule has 3 aromatic rings. The highest BCUT2D eigenvalue weighted by atomic mass is 32.1. The summed E-state index contributed by atoms with van der Waals surface area (Å²) in [6.07, 6.45) is 1.48. The van der Waals surface area contributed by atoms with E-state index >= 15 is 0 Å². The minimum atomic E-state index is -1.15. The Hall–Kier alpha value is -4.57. The molecule has 176 valence electrons. The van der Waals surface area contributed by atoms with Gasteiger partial charge in [0, 0.05) is 22.6 Å². The smallest absolute Gasteiger partial charge is 0.335 e. The van der Waals surface area contributed by atoms with Crippen LogP contribution in [0.4, 0.5) is 5.69 Å². The average molecular weight is 489 g/mol.